The van der Waals surface area contributed by atoms with Crippen LogP contribution in [-0.4, -0.2) is 18.0 Å². The van der Waals surface area contributed by atoms with Crippen LogP contribution < -0.4 is 15.5 Å². The van der Waals surface area contributed by atoms with Gasteiger partial charge in [-0.05, 0) is 48.0 Å². The van der Waals surface area contributed by atoms with Crippen LogP contribution in [0.1, 0.15) is 16.9 Å². The number of amides is 2. The zero-order valence-corrected chi connectivity index (χ0v) is 18.2. The number of benzene rings is 2. The monoisotopic (exact) mass is 479 g/mol. The van der Waals surface area contributed by atoms with Gasteiger partial charge < -0.3 is 14.5 Å². The number of nitrogens with one attached hydrogen (secondary N) is 2. The molecule has 0 aliphatic carbocycles. The number of ether oxygens (including phenoxy) is 1. The zero-order valence-electron chi connectivity index (χ0n) is 15.9. The van der Waals surface area contributed by atoms with Gasteiger partial charge in [-0.25, -0.2) is 5.43 Å². The van der Waals surface area contributed by atoms with E-state index in [4.69, 9.17) is 44.0 Å². The molecule has 1 aromatic heterocycles. The molecule has 10 heteroatoms. The Morgan fingerprint density at radius 3 is 2.61 bits per heavy atom. The van der Waals surface area contributed by atoms with Crippen LogP contribution in [0.3, 0.4) is 0 Å². The number of hydrazone groups is 1. The zero-order chi connectivity index (χ0) is 22.2. The standard InChI is InChI=1S/C21H16Cl3N3O4/c22-15-4-6-19(31-12-13-3-5-17(23)18(24)8-13)14(9-15)10-26-27-21(29)20(28)25-11-16-2-1-7-30-16/h1-10H,11-12H2,(H,25,28)(H,27,29)/b26-10-. The average molecular weight is 481 g/mol. The predicted molar refractivity (Wildman–Crippen MR) is 119 cm³/mol. The molecule has 0 saturated heterocycles. The predicted octanol–water partition coefficient (Wildman–Crippen LogP) is 4.59. The van der Waals surface area contributed by atoms with E-state index in [-0.39, 0.29) is 13.2 Å². The van der Waals surface area contributed by atoms with Crippen molar-refractivity contribution in [2.24, 2.45) is 5.10 Å². The molecule has 0 atom stereocenters. The van der Waals surface area contributed by atoms with E-state index in [1.807, 2.05) is 0 Å². The SMILES string of the molecule is O=C(NCc1ccco1)C(=O)N/N=C\c1cc(Cl)ccc1OCc1ccc(Cl)c(Cl)c1. The topological polar surface area (TPSA) is 92.9 Å². The number of halogens is 3. The summed E-state index contributed by atoms with van der Waals surface area (Å²) >= 11 is 18.0. The number of rotatable bonds is 7. The lowest BCUT2D eigenvalue weighted by atomic mass is 10.2. The number of furan rings is 1. The summed E-state index contributed by atoms with van der Waals surface area (Å²) in [6, 6.07) is 13.5. The van der Waals surface area contributed by atoms with Gasteiger partial charge in [-0.3, -0.25) is 9.59 Å². The molecule has 2 aromatic carbocycles. The molecule has 0 unspecified atom stereocenters. The first-order valence-electron chi connectivity index (χ1n) is 8.92. The van der Waals surface area contributed by atoms with E-state index in [2.05, 4.69) is 15.8 Å². The molecule has 31 heavy (non-hydrogen) atoms. The van der Waals surface area contributed by atoms with Crippen LogP contribution >= 0.6 is 34.8 Å². The summed E-state index contributed by atoms with van der Waals surface area (Å²) < 4.78 is 10.9. The van der Waals surface area contributed by atoms with Crippen molar-refractivity contribution in [1.29, 1.82) is 0 Å². The number of nitrogens with zero attached hydrogens (tertiary/aromatic N) is 1. The normalized spacial score (nSPS) is 10.8. The third-order valence-corrected chi connectivity index (χ3v) is 4.90. The van der Waals surface area contributed by atoms with Gasteiger partial charge in [0.2, 0.25) is 0 Å². The Morgan fingerprint density at radius 2 is 1.87 bits per heavy atom. The quantitative estimate of drug-likeness (QED) is 0.294. The fourth-order valence-electron chi connectivity index (χ4n) is 2.41. The first-order valence-corrected chi connectivity index (χ1v) is 10.1. The Kier molecular flexibility index (Phi) is 7.94. The Hall–Kier alpha value is -3.00. The molecule has 2 amide bonds. The number of hydrogen-bond acceptors (Lipinski definition) is 5. The Labute approximate surface area is 192 Å². The molecule has 7 nitrogen and oxygen atoms in total. The van der Waals surface area contributed by atoms with Crippen LogP contribution in [-0.2, 0) is 22.7 Å². The van der Waals surface area contributed by atoms with E-state index in [1.54, 1.807) is 48.5 Å². The van der Waals surface area contributed by atoms with Gasteiger partial charge in [-0.2, -0.15) is 5.10 Å². The van der Waals surface area contributed by atoms with E-state index in [0.29, 0.717) is 32.1 Å². The lowest BCUT2D eigenvalue weighted by Crippen LogP contribution is -2.37. The number of carbonyl (C=O) groups is 2. The van der Waals surface area contributed by atoms with E-state index in [1.165, 1.54) is 12.5 Å². The fraction of sp³-hybridized carbons (Fsp3) is 0.0952. The van der Waals surface area contributed by atoms with Crippen LogP contribution in [0.5, 0.6) is 5.75 Å². The van der Waals surface area contributed by atoms with Gasteiger partial charge >= 0.3 is 11.8 Å². The van der Waals surface area contributed by atoms with Crippen LogP contribution in [0, 0.1) is 0 Å². The molecule has 0 spiro atoms. The van der Waals surface area contributed by atoms with Crippen molar-refractivity contribution in [3.63, 3.8) is 0 Å². The first kappa shape index (κ1) is 22.7. The van der Waals surface area contributed by atoms with Crippen molar-refractivity contribution in [3.8, 4) is 5.75 Å². The summed E-state index contributed by atoms with van der Waals surface area (Å²) in [5.74, 6) is -0.790. The molecular formula is C21H16Cl3N3O4. The van der Waals surface area contributed by atoms with Crippen LogP contribution in [0.4, 0.5) is 0 Å². The molecule has 3 aromatic rings. The van der Waals surface area contributed by atoms with Crippen LogP contribution in [0.15, 0.2) is 64.3 Å². The summed E-state index contributed by atoms with van der Waals surface area (Å²) in [5.41, 5.74) is 3.47. The second-order valence-electron chi connectivity index (χ2n) is 6.18. The van der Waals surface area contributed by atoms with Gasteiger partial charge in [0.1, 0.15) is 18.1 Å². The van der Waals surface area contributed by atoms with Crippen molar-refractivity contribution in [2.45, 2.75) is 13.2 Å². The molecule has 0 bridgehead atoms. The molecular weight excluding hydrogens is 465 g/mol. The van der Waals surface area contributed by atoms with Crippen molar-refractivity contribution >= 4 is 52.8 Å². The highest BCUT2D eigenvalue weighted by atomic mass is 35.5. The van der Waals surface area contributed by atoms with Crippen LogP contribution in [0.2, 0.25) is 15.1 Å². The van der Waals surface area contributed by atoms with Gasteiger partial charge in [-0.15, -0.1) is 0 Å². The van der Waals surface area contributed by atoms with Gasteiger partial charge in [-0.1, -0.05) is 40.9 Å². The lowest BCUT2D eigenvalue weighted by molar-refractivity contribution is -0.139. The molecule has 160 valence electrons. The molecule has 0 fully saturated rings. The van der Waals surface area contributed by atoms with Crippen molar-refractivity contribution < 1.29 is 18.7 Å². The molecule has 3 rings (SSSR count). The highest BCUT2D eigenvalue weighted by molar-refractivity contribution is 6.42. The van der Waals surface area contributed by atoms with Crippen molar-refractivity contribution in [3.05, 3.63) is 86.7 Å². The van der Waals surface area contributed by atoms with Gasteiger partial charge in [0.15, 0.2) is 0 Å². The minimum atomic E-state index is -0.928. The third-order valence-electron chi connectivity index (χ3n) is 3.93. The maximum atomic E-state index is 11.9. The van der Waals surface area contributed by atoms with Gasteiger partial charge in [0.25, 0.3) is 0 Å². The van der Waals surface area contributed by atoms with E-state index < -0.39 is 11.8 Å². The molecule has 2 N–H and O–H groups in total. The summed E-state index contributed by atoms with van der Waals surface area (Å²) in [5, 5.41) is 7.55. The molecule has 0 saturated carbocycles. The second-order valence-corrected chi connectivity index (χ2v) is 7.43. The smallest absolute Gasteiger partial charge is 0.329 e. The van der Waals surface area contributed by atoms with Gasteiger partial charge in [0, 0.05) is 10.6 Å². The lowest BCUT2D eigenvalue weighted by Gasteiger charge is -2.10. The second kappa shape index (κ2) is 10.9. The van der Waals surface area contributed by atoms with E-state index >= 15 is 0 Å². The highest BCUT2D eigenvalue weighted by Gasteiger charge is 2.13. The summed E-state index contributed by atoms with van der Waals surface area (Å²) in [4.78, 5) is 23.7. The largest absolute Gasteiger partial charge is 0.488 e. The summed E-state index contributed by atoms with van der Waals surface area (Å²) in [6.07, 6.45) is 2.80. The Balaban J connectivity index is 1.59. The Bertz CT molecular complexity index is 1100. The minimum absolute atomic E-state index is 0.0873. The first-order chi connectivity index (χ1) is 14.9. The Morgan fingerprint density at radius 1 is 1.03 bits per heavy atom. The maximum Gasteiger partial charge on any atom is 0.329 e. The highest BCUT2D eigenvalue weighted by Crippen LogP contribution is 2.25. The number of carbonyl (C=O) groups excluding carboxylic acids is 2. The van der Waals surface area contributed by atoms with Crippen molar-refractivity contribution in [2.75, 3.05) is 0 Å². The average Bonchev–Trinajstić information content (AvgIpc) is 3.27. The minimum Gasteiger partial charge on any atom is -0.488 e. The van der Waals surface area contributed by atoms with E-state index in [9.17, 15) is 9.59 Å². The molecule has 1 heterocycles. The van der Waals surface area contributed by atoms with Gasteiger partial charge in [0.05, 0.1) is 29.1 Å². The number of hydrogen-bond donors (Lipinski definition) is 2. The molecule has 0 radical (unpaired) electrons. The maximum absolute atomic E-state index is 11.9. The van der Waals surface area contributed by atoms with Crippen molar-refractivity contribution in [1.82, 2.24) is 10.7 Å². The van der Waals surface area contributed by atoms with Crippen LogP contribution in [0.25, 0.3) is 0 Å². The molecule has 0 aliphatic heterocycles. The summed E-state index contributed by atoms with van der Waals surface area (Å²) in [7, 11) is 0. The third kappa shape index (κ3) is 6.75. The van der Waals surface area contributed by atoms with E-state index in [0.717, 1.165) is 5.56 Å². The summed E-state index contributed by atoms with van der Waals surface area (Å²) in [6.45, 7) is 0.310. The molecule has 0 aliphatic rings. The fourth-order valence-corrected chi connectivity index (χ4v) is 2.92.